The Balaban J connectivity index is 1.59. The van der Waals surface area contributed by atoms with Gasteiger partial charge in [0.25, 0.3) is 5.88 Å². The lowest BCUT2D eigenvalue weighted by molar-refractivity contribution is -0.115. The number of hydrogen-bond donors (Lipinski definition) is 4. The number of nitrogens with one attached hydrogen (secondary N) is 3. The van der Waals surface area contributed by atoms with Crippen molar-refractivity contribution in [2.45, 2.75) is 19.8 Å². The lowest BCUT2D eigenvalue weighted by Crippen LogP contribution is -2.34. The standard InChI is InChI=1S/C24H29ClFN7O2/c1-3-4-10-33(2)11-9-27-15-23(34)30-22-13-17(7-8-28-22)29-21-14-20(31-32-24(21)35)18-12-16(25)5-6-19(18)26/h5-8,12-14,27H,3-4,9-11,15H2,1-2H3,(H,32,35)(H2,28,29,30,31,34). The number of nitrogens with zero attached hydrogens (tertiary/aromatic N) is 4. The maximum absolute atomic E-state index is 14.2. The van der Waals surface area contributed by atoms with Gasteiger partial charge in [0.15, 0.2) is 0 Å². The molecule has 1 amide bonds. The smallest absolute Gasteiger partial charge is 0.255 e. The van der Waals surface area contributed by atoms with Crippen molar-refractivity contribution in [3.05, 3.63) is 53.4 Å². The van der Waals surface area contributed by atoms with E-state index in [1.165, 1.54) is 30.5 Å². The average Bonchev–Trinajstić information content (AvgIpc) is 2.83. The molecule has 0 atom stereocenters. The van der Waals surface area contributed by atoms with Gasteiger partial charge in [0, 0.05) is 41.6 Å². The molecule has 4 N–H and O–H groups in total. The summed E-state index contributed by atoms with van der Waals surface area (Å²) in [6.45, 7) is 4.91. The zero-order valence-corrected chi connectivity index (χ0v) is 20.4. The minimum absolute atomic E-state index is 0.153. The normalized spacial score (nSPS) is 11.0. The van der Waals surface area contributed by atoms with Crippen molar-refractivity contribution >= 4 is 34.7 Å². The molecule has 0 aliphatic heterocycles. The molecule has 3 rings (SSSR count). The van der Waals surface area contributed by atoms with Crippen LogP contribution < -0.4 is 16.0 Å². The highest BCUT2D eigenvalue weighted by Crippen LogP contribution is 2.31. The average molecular weight is 502 g/mol. The molecule has 0 bridgehead atoms. The summed E-state index contributed by atoms with van der Waals surface area (Å²) in [4.78, 5) is 18.6. The Kier molecular flexibility index (Phi) is 9.71. The van der Waals surface area contributed by atoms with Gasteiger partial charge in [0.2, 0.25) is 5.91 Å². The van der Waals surface area contributed by atoms with E-state index in [0.717, 1.165) is 25.9 Å². The molecule has 11 heteroatoms. The predicted octanol–water partition coefficient (Wildman–Crippen LogP) is 4.04. The summed E-state index contributed by atoms with van der Waals surface area (Å²) in [6.07, 6.45) is 3.82. The van der Waals surface area contributed by atoms with E-state index in [0.29, 0.717) is 23.1 Å². The highest BCUT2D eigenvalue weighted by Gasteiger charge is 2.13. The predicted molar refractivity (Wildman–Crippen MR) is 136 cm³/mol. The van der Waals surface area contributed by atoms with Crippen LogP contribution in [0.4, 0.5) is 21.6 Å². The lowest BCUT2D eigenvalue weighted by atomic mass is 10.1. The van der Waals surface area contributed by atoms with Crippen molar-refractivity contribution in [2.24, 2.45) is 0 Å². The number of amides is 1. The second kappa shape index (κ2) is 12.9. The number of anilines is 3. The zero-order valence-electron chi connectivity index (χ0n) is 19.7. The van der Waals surface area contributed by atoms with E-state index >= 15 is 0 Å². The molecule has 186 valence electrons. The first kappa shape index (κ1) is 26.3. The number of aromatic nitrogens is 3. The maximum Gasteiger partial charge on any atom is 0.255 e. The summed E-state index contributed by atoms with van der Waals surface area (Å²) < 4.78 is 14.2. The molecule has 0 aliphatic carbocycles. The summed E-state index contributed by atoms with van der Waals surface area (Å²) in [7, 11) is 2.06. The molecule has 0 unspecified atom stereocenters. The van der Waals surface area contributed by atoms with E-state index in [1.54, 1.807) is 12.1 Å². The molecule has 9 nitrogen and oxygen atoms in total. The van der Waals surface area contributed by atoms with E-state index in [2.05, 4.69) is 50.0 Å². The zero-order chi connectivity index (χ0) is 25.2. The Morgan fingerprint density at radius 1 is 1.17 bits per heavy atom. The van der Waals surface area contributed by atoms with E-state index in [4.69, 9.17) is 11.6 Å². The number of hydrogen-bond acceptors (Lipinski definition) is 8. The van der Waals surface area contributed by atoms with Gasteiger partial charge < -0.3 is 26.0 Å². The molecule has 0 fully saturated rings. The Bertz CT molecular complexity index is 1150. The molecule has 2 aromatic heterocycles. The third-order valence-electron chi connectivity index (χ3n) is 5.13. The van der Waals surface area contributed by atoms with Crippen molar-refractivity contribution in [3.63, 3.8) is 0 Å². The molecule has 1 aromatic carbocycles. The fourth-order valence-electron chi connectivity index (χ4n) is 3.23. The second-order valence-corrected chi connectivity index (χ2v) is 8.46. The van der Waals surface area contributed by atoms with Crippen LogP contribution in [0.3, 0.4) is 0 Å². The van der Waals surface area contributed by atoms with Crippen molar-refractivity contribution in [3.8, 4) is 17.1 Å². The first-order valence-electron chi connectivity index (χ1n) is 11.3. The Labute approximate surface area is 208 Å². The Morgan fingerprint density at radius 2 is 2.00 bits per heavy atom. The number of halogens is 2. The quantitative estimate of drug-likeness (QED) is 0.275. The second-order valence-electron chi connectivity index (χ2n) is 8.03. The Hall–Kier alpha value is -3.34. The van der Waals surface area contributed by atoms with Gasteiger partial charge in [-0.05, 0) is 50.3 Å². The van der Waals surface area contributed by atoms with Crippen LogP contribution in [0.5, 0.6) is 5.88 Å². The van der Waals surface area contributed by atoms with Crippen molar-refractivity contribution < 1.29 is 14.3 Å². The van der Waals surface area contributed by atoms with Crippen LogP contribution in [0.2, 0.25) is 5.02 Å². The van der Waals surface area contributed by atoms with E-state index < -0.39 is 5.82 Å². The molecule has 2 heterocycles. The summed E-state index contributed by atoms with van der Waals surface area (Å²) >= 11 is 5.97. The van der Waals surface area contributed by atoms with Crippen molar-refractivity contribution in [2.75, 3.05) is 43.9 Å². The van der Waals surface area contributed by atoms with Gasteiger partial charge in [-0.1, -0.05) is 24.9 Å². The molecule has 0 aliphatic rings. The minimum Gasteiger partial charge on any atom is -0.491 e. The van der Waals surface area contributed by atoms with Gasteiger partial charge in [-0.3, -0.25) is 4.79 Å². The number of aromatic hydroxyl groups is 1. The van der Waals surface area contributed by atoms with Crippen LogP contribution in [-0.2, 0) is 4.79 Å². The monoisotopic (exact) mass is 501 g/mol. The Morgan fingerprint density at radius 3 is 2.80 bits per heavy atom. The molecular weight excluding hydrogens is 473 g/mol. The number of pyridine rings is 1. The summed E-state index contributed by atoms with van der Waals surface area (Å²) in [5.41, 5.74) is 1.08. The topological polar surface area (TPSA) is 115 Å². The molecule has 35 heavy (non-hydrogen) atoms. The summed E-state index contributed by atoms with van der Waals surface area (Å²) in [5.74, 6) is -0.773. The SMILES string of the molecule is CCCCN(C)CCNCC(=O)Nc1cc(Nc2cc(-c3cc(Cl)ccc3F)nnc2O)ccn1. The first-order chi connectivity index (χ1) is 16.9. The van der Waals surface area contributed by atoms with E-state index in [1.807, 2.05) is 0 Å². The third-order valence-corrected chi connectivity index (χ3v) is 5.37. The fourth-order valence-corrected chi connectivity index (χ4v) is 3.41. The molecule has 0 radical (unpaired) electrons. The van der Waals surface area contributed by atoms with Crippen LogP contribution in [-0.4, -0.2) is 64.3 Å². The molecular formula is C24H29ClFN7O2. The molecule has 3 aromatic rings. The van der Waals surface area contributed by atoms with Gasteiger partial charge in [-0.2, -0.15) is 0 Å². The molecule has 0 spiro atoms. The first-order valence-corrected chi connectivity index (χ1v) is 11.7. The maximum atomic E-state index is 14.2. The fraction of sp³-hybridized carbons (Fsp3) is 0.333. The van der Waals surface area contributed by atoms with Crippen LogP contribution >= 0.6 is 11.6 Å². The van der Waals surface area contributed by atoms with Gasteiger partial charge in [0.1, 0.15) is 17.3 Å². The van der Waals surface area contributed by atoms with E-state index in [-0.39, 0.29) is 35.3 Å². The molecule has 0 saturated carbocycles. The number of unbranched alkanes of at least 4 members (excludes halogenated alkanes) is 1. The van der Waals surface area contributed by atoms with Gasteiger partial charge >= 0.3 is 0 Å². The highest BCUT2D eigenvalue weighted by atomic mass is 35.5. The summed E-state index contributed by atoms with van der Waals surface area (Å²) in [6, 6.07) is 8.81. The largest absolute Gasteiger partial charge is 0.491 e. The van der Waals surface area contributed by atoms with Gasteiger partial charge in [-0.25, -0.2) is 9.37 Å². The van der Waals surface area contributed by atoms with Crippen LogP contribution in [0.1, 0.15) is 19.8 Å². The van der Waals surface area contributed by atoms with Gasteiger partial charge in [0.05, 0.1) is 12.2 Å². The number of carbonyl (C=O) groups is 1. The number of rotatable bonds is 12. The highest BCUT2D eigenvalue weighted by molar-refractivity contribution is 6.30. The number of carbonyl (C=O) groups excluding carboxylic acids is 1. The van der Waals surface area contributed by atoms with Crippen molar-refractivity contribution in [1.29, 1.82) is 0 Å². The lowest BCUT2D eigenvalue weighted by Gasteiger charge is -2.16. The van der Waals surface area contributed by atoms with E-state index in [9.17, 15) is 14.3 Å². The van der Waals surface area contributed by atoms with Gasteiger partial charge in [-0.15, -0.1) is 10.2 Å². The van der Waals surface area contributed by atoms with Crippen molar-refractivity contribution in [1.82, 2.24) is 25.4 Å². The minimum atomic E-state index is -0.518. The third kappa shape index (κ3) is 8.13. The van der Waals surface area contributed by atoms with Crippen LogP contribution in [0.25, 0.3) is 11.3 Å². The van der Waals surface area contributed by atoms with Crippen LogP contribution in [0.15, 0.2) is 42.6 Å². The number of benzene rings is 1. The summed E-state index contributed by atoms with van der Waals surface area (Å²) in [5, 5.41) is 26.9. The molecule has 0 saturated heterocycles. The van der Waals surface area contributed by atoms with Crippen LogP contribution in [0, 0.1) is 5.82 Å². The number of likely N-dealkylation sites (N-methyl/N-ethyl adjacent to an activating group) is 1.